The van der Waals surface area contributed by atoms with Crippen LogP contribution in [0.5, 0.6) is 0 Å². The minimum Gasteiger partial charge on any atom is -0.373 e. The SMILES string of the molecule is C=CCCCc1ccc(CCC2CCC(c3ccc(COC/C=C/CC)cc3)CC2)cc1. The Bertz CT molecular complexity index is 791. The van der Waals surface area contributed by atoms with Crippen molar-refractivity contribution in [2.24, 2.45) is 5.92 Å². The predicted octanol–water partition coefficient (Wildman–Crippen LogP) is 8.58. The van der Waals surface area contributed by atoms with Gasteiger partial charge in [0, 0.05) is 0 Å². The number of aryl methyl sites for hydroxylation is 2. The van der Waals surface area contributed by atoms with Crippen molar-refractivity contribution in [3.63, 3.8) is 0 Å². The molecule has 1 fully saturated rings. The smallest absolute Gasteiger partial charge is 0.0721 e. The molecule has 3 rings (SSSR count). The fourth-order valence-corrected chi connectivity index (χ4v) is 4.84. The monoisotopic (exact) mass is 430 g/mol. The van der Waals surface area contributed by atoms with Gasteiger partial charge in [0.1, 0.15) is 0 Å². The molecule has 2 aromatic rings. The maximum Gasteiger partial charge on any atom is 0.0721 e. The minimum absolute atomic E-state index is 0.705. The zero-order chi connectivity index (χ0) is 22.4. The van der Waals surface area contributed by atoms with E-state index in [2.05, 4.69) is 74.2 Å². The van der Waals surface area contributed by atoms with E-state index in [1.807, 2.05) is 6.08 Å². The quantitative estimate of drug-likeness (QED) is 0.228. The lowest BCUT2D eigenvalue weighted by molar-refractivity contribution is 0.148. The van der Waals surface area contributed by atoms with Crippen molar-refractivity contribution in [1.29, 1.82) is 0 Å². The van der Waals surface area contributed by atoms with Gasteiger partial charge in [-0.15, -0.1) is 6.58 Å². The highest BCUT2D eigenvalue weighted by Crippen LogP contribution is 2.37. The van der Waals surface area contributed by atoms with E-state index in [0.717, 1.165) is 24.7 Å². The Morgan fingerprint density at radius 3 is 2.16 bits per heavy atom. The summed E-state index contributed by atoms with van der Waals surface area (Å²) in [5.74, 6) is 1.63. The number of unbranched alkanes of at least 4 members (excludes halogenated alkanes) is 1. The summed E-state index contributed by atoms with van der Waals surface area (Å²) in [7, 11) is 0. The molecule has 1 aliphatic carbocycles. The summed E-state index contributed by atoms with van der Waals surface area (Å²) in [4.78, 5) is 0. The van der Waals surface area contributed by atoms with Gasteiger partial charge in [0.25, 0.3) is 0 Å². The van der Waals surface area contributed by atoms with E-state index in [-0.39, 0.29) is 0 Å². The van der Waals surface area contributed by atoms with Crippen molar-refractivity contribution in [3.05, 3.63) is 95.6 Å². The number of benzene rings is 2. The third kappa shape index (κ3) is 8.43. The van der Waals surface area contributed by atoms with Gasteiger partial charge in [-0.3, -0.25) is 0 Å². The van der Waals surface area contributed by atoms with Gasteiger partial charge in [-0.05, 0) is 98.3 Å². The minimum atomic E-state index is 0.705. The fourth-order valence-electron chi connectivity index (χ4n) is 4.84. The van der Waals surface area contributed by atoms with Crippen molar-refractivity contribution >= 4 is 0 Å². The third-order valence-electron chi connectivity index (χ3n) is 6.92. The van der Waals surface area contributed by atoms with E-state index < -0.39 is 0 Å². The Morgan fingerprint density at radius 2 is 1.50 bits per heavy atom. The normalized spacial score (nSPS) is 18.8. The van der Waals surface area contributed by atoms with Crippen LogP contribution < -0.4 is 0 Å². The lowest BCUT2D eigenvalue weighted by Crippen LogP contribution is -2.14. The van der Waals surface area contributed by atoms with Gasteiger partial charge in [-0.1, -0.05) is 73.7 Å². The first-order valence-electron chi connectivity index (χ1n) is 12.8. The zero-order valence-corrected chi connectivity index (χ0v) is 20.1. The molecule has 172 valence electrons. The second-order valence-corrected chi connectivity index (χ2v) is 9.39. The van der Waals surface area contributed by atoms with Crippen LogP contribution >= 0.6 is 0 Å². The molecular weight excluding hydrogens is 388 g/mol. The molecule has 0 atom stereocenters. The molecule has 0 radical (unpaired) electrons. The number of hydrogen-bond acceptors (Lipinski definition) is 1. The van der Waals surface area contributed by atoms with E-state index in [4.69, 9.17) is 4.74 Å². The van der Waals surface area contributed by atoms with Crippen molar-refractivity contribution < 1.29 is 4.74 Å². The standard InChI is InChI=1S/C31H42O/c1-3-5-7-9-26-10-12-27(13-11-26)14-15-28-16-20-30(21-17-28)31-22-18-29(19-23-31)25-32-24-8-6-4-2/h3,6,8,10-13,18-19,22-23,28,30H,1,4-5,7,9,14-17,20-21,24-25H2,2H3/b8-6+. The molecule has 1 aliphatic rings. The van der Waals surface area contributed by atoms with Gasteiger partial charge < -0.3 is 4.74 Å². The number of allylic oxidation sites excluding steroid dienone is 2. The molecule has 0 unspecified atom stereocenters. The number of rotatable bonds is 13. The second kappa shape index (κ2) is 14.1. The molecule has 0 saturated heterocycles. The molecule has 0 amide bonds. The van der Waals surface area contributed by atoms with Gasteiger partial charge >= 0.3 is 0 Å². The Balaban J connectivity index is 1.35. The maximum atomic E-state index is 5.72. The lowest BCUT2D eigenvalue weighted by Gasteiger charge is -2.29. The predicted molar refractivity (Wildman–Crippen MR) is 138 cm³/mol. The molecular formula is C31H42O. The Hall–Kier alpha value is -2.12. The van der Waals surface area contributed by atoms with Crippen molar-refractivity contribution in [2.75, 3.05) is 6.61 Å². The van der Waals surface area contributed by atoms with Crippen LogP contribution in [0.1, 0.15) is 86.5 Å². The molecule has 0 aliphatic heterocycles. The summed E-state index contributed by atoms with van der Waals surface area (Å²) >= 11 is 0. The summed E-state index contributed by atoms with van der Waals surface area (Å²) in [6.45, 7) is 7.37. The van der Waals surface area contributed by atoms with Gasteiger partial charge in [0.15, 0.2) is 0 Å². The van der Waals surface area contributed by atoms with E-state index in [0.29, 0.717) is 13.2 Å². The molecule has 1 heteroatoms. The van der Waals surface area contributed by atoms with Crippen molar-refractivity contribution in [2.45, 2.75) is 83.7 Å². The zero-order valence-electron chi connectivity index (χ0n) is 20.1. The van der Waals surface area contributed by atoms with Crippen LogP contribution in [0.25, 0.3) is 0 Å². The largest absolute Gasteiger partial charge is 0.373 e. The van der Waals surface area contributed by atoms with Crippen LogP contribution in [0.15, 0.2) is 73.3 Å². The van der Waals surface area contributed by atoms with E-state index >= 15 is 0 Å². The highest BCUT2D eigenvalue weighted by atomic mass is 16.5. The third-order valence-corrected chi connectivity index (χ3v) is 6.92. The molecule has 0 aromatic heterocycles. The van der Waals surface area contributed by atoms with Gasteiger partial charge in [0.2, 0.25) is 0 Å². The molecule has 0 bridgehead atoms. The summed E-state index contributed by atoms with van der Waals surface area (Å²) in [6.07, 6.45) is 18.8. The van der Waals surface area contributed by atoms with E-state index in [1.165, 1.54) is 73.6 Å². The van der Waals surface area contributed by atoms with Crippen molar-refractivity contribution in [1.82, 2.24) is 0 Å². The van der Waals surface area contributed by atoms with Gasteiger partial charge in [-0.25, -0.2) is 0 Å². The molecule has 1 saturated carbocycles. The van der Waals surface area contributed by atoms with Gasteiger partial charge in [0.05, 0.1) is 13.2 Å². The topological polar surface area (TPSA) is 9.23 Å². The molecule has 1 nitrogen and oxygen atoms in total. The summed E-state index contributed by atoms with van der Waals surface area (Å²) in [6, 6.07) is 18.5. The summed E-state index contributed by atoms with van der Waals surface area (Å²) < 4.78 is 5.72. The first-order chi connectivity index (χ1) is 15.8. The molecule has 0 heterocycles. The molecule has 2 aromatic carbocycles. The van der Waals surface area contributed by atoms with Crippen LogP contribution in [-0.4, -0.2) is 6.61 Å². The second-order valence-electron chi connectivity index (χ2n) is 9.39. The van der Waals surface area contributed by atoms with Crippen LogP contribution in [-0.2, 0) is 24.2 Å². The van der Waals surface area contributed by atoms with Crippen LogP contribution in [0, 0.1) is 5.92 Å². The van der Waals surface area contributed by atoms with Crippen molar-refractivity contribution in [3.8, 4) is 0 Å². The highest BCUT2D eigenvalue weighted by molar-refractivity contribution is 5.26. The van der Waals surface area contributed by atoms with Gasteiger partial charge in [-0.2, -0.15) is 0 Å². The maximum absolute atomic E-state index is 5.72. The number of hydrogen-bond donors (Lipinski definition) is 0. The first kappa shape index (κ1) is 24.5. The lowest BCUT2D eigenvalue weighted by atomic mass is 9.77. The Kier molecular flexibility index (Phi) is 10.8. The van der Waals surface area contributed by atoms with Crippen LogP contribution in [0.2, 0.25) is 0 Å². The number of ether oxygens (including phenoxy) is 1. The summed E-state index contributed by atoms with van der Waals surface area (Å²) in [5, 5.41) is 0. The van der Waals surface area contributed by atoms with Crippen LogP contribution in [0.4, 0.5) is 0 Å². The van der Waals surface area contributed by atoms with E-state index in [1.54, 1.807) is 0 Å². The Morgan fingerprint density at radius 1 is 0.844 bits per heavy atom. The molecule has 32 heavy (non-hydrogen) atoms. The average Bonchev–Trinajstić information content (AvgIpc) is 2.84. The first-order valence-corrected chi connectivity index (χ1v) is 12.8. The fraction of sp³-hybridized carbons (Fsp3) is 0.484. The van der Waals surface area contributed by atoms with E-state index in [9.17, 15) is 0 Å². The molecule has 0 N–H and O–H groups in total. The highest BCUT2D eigenvalue weighted by Gasteiger charge is 2.22. The molecule has 0 spiro atoms. The average molecular weight is 431 g/mol. The summed E-state index contributed by atoms with van der Waals surface area (Å²) in [5.41, 5.74) is 5.76. The van der Waals surface area contributed by atoms with Crippen LogP contribution in [0.3, 0.4) is 0 Å². The Labute approximate surface area is 196 Å².